The molecule has 25 heavy (non-hydrogen) atoms. The van der Waals surface area contributed by atoms with E-state index >= 15 is 0 Å². The second kappa shape index (κ2) is 9.20. The highest BCUT2D eigenvalue weighted by Crippen LogP contribution is 2.22. The van der Waals surface area contributed by atoms with E-state index < -0.39 is 5.60 Å². The van der Waals surface area contributed by atoms with Crippen molar-refractivity contribution in [2.75, 3.05) is 6.54 Å². The Labute approximate surface area is 151 Å². The molecule has 0 aromatic heterocycles. The van der Waals surface area contributed by atoms with Crippen molar-refractivity contribution >= 4 is 6.09 Å². The van der Waals surface area contributed by atoms with Gasteiger partial charge in [-0.25, -0.2) is 4.79 Å². The number of carbonyl (C=O) groups is 1. The molecule has 5 nitrogen and oxygen atoms in total. The van der Waals surface area contributed by atoms with E-state index in [9.17, 15) is 4.79 Å². The van der Waals surface area contributed by atoms with Crippen LogP contribution < -0.4 is 5.32 Å². The summed E-state index contributed by atoms with van der Waals surface area (Å²) in [6.07, 6.45) is 3.60. The number of hydroxylamine groups is 2. The number of ether oxygens (including phenoxy) is 1. The van der Waals surface area contributed by atoms with Crippen molar-refractivity contribution in [2.24, 2.45) is 0 Å². The monoisotopic (exact) mass is 348 g/mol. The van der Waals surface area contributed by atoms with Crippen LogP contribution in [0.3, 0.4) is 0 Å². The highest BCUT2D eigenvalue weighted by molar-refractivity contribution is 5.68. The van der Waals surface area contributed by atoms with Crippen LogP contribution in [-0.2, 0) is 16.1 Å². The topological polar surface area (TPSA) is 50.8 Å². The molecular weight excluding hydrogens is 316 g/mol. The van der Waals surface area contributed by atoms with Gasteiger partial charge in [0.05, 0.1) is 6.04 Å². The molecule has 2 atom stereocenters. The average molecular weight is 348 g/mol. The number of alkyl carbamates (subject to hydrolysis) is 1. The number of hydrogen-bond donors (Lipinski definition) is 1. The highest BCUT2D eigenvalue weighted by atomic mass is 16.7. The molecule has 1 aliphatic rings. The van der Waals surface area contributed by atoms with Gasteiger partial charge < -0.3 is 10.1 Å². The predicted octanol–water partition coefficient (Wildman–Crippen LogP) is 4.28. The number of benzene rings is 1. The molecule has 1 fully saturated rings. The third kappa shape index (κ3) is 7.04. The van der Waals surface area contributed by atoms with Gasteiger partial charge in [-0.3, -0.25) is 4.84 Å². The molecule has 0 saturated carbocycles. The van der Waals surface area contributed by atoms with Gasteiger partial charge in [0.15, 0.2) is 0 Å². The Kier molecular flexibility index (Phi) is 7.26. The van der Waals surface area contributed by atoms with Gasteiger partial charge in [0.1, 0.15) is 11.7 Å². The van der Waals surface area contributed by atoms with E-state index in [0.29, 0.717) is 0 Å². The summed E-state index contributed by atoms with van der Waals surface area (Å²) >= 11 is 0. The number of nitrogens with zero attached hydrogens (tertiary/aromatic N) is 1. The average Bonchev–Trinajstić information content (AvgIpc) is 2.99. The lowest BCUT2D eigenvalue weighted by atomic mass is 10.0. The molecule has 0 spiro atoms. The van der Waals surface area contributed by atoms with Gasteiger partial charge in [0.25, 0.3) is 0 Å². The molecule has 1 aromatic carbocycles. The van der Waals surface area contributed by atoms with Crippen molar-refractivity contribution in [3.05, 3.63) is 35.9 Å². The number of carbonyl (C=O) groups excluding carboxylic acids is 1. The first kappa shape index (κ1) is 19.7. The summed E-state index contributed by atoms with van der Waals surface area (Å²) in [5, 5.41) is 5.02. The Balaban J connectivity index is 1.90. The van der Waals surface area contributed by atoms with Crippen LogP contribution in [0.25, 0.3) is 0 Å². The summed E-state index contributed by atoms with van der Waals surface area (Å²) in [6, 6.07) is 10.3. The number of hydrogen-bond acceptors (Lipinski definition) is 4. The Morgan fingerprint density at radius 3 is 2.72 bits per heavy atom. The molecule has 2 rings (SSSR count). The lowest BCUT2D eigenvalue weighted by molar-refractivity contribution is -0.160. The van der Waals surface area contributed by atoms with Crippen molar-refractivity contribution < 1.29 is 14.4 Å². The van der Waals surface area contributed by atoms with E-state index in [1.54, 1.807) is 0 Å². The molecule has 1 N–H and O–H groups in total. The molecule has 0 radical (unpaired) electrons. The zero-order valence-corrected chi connectivity index (χ0v) is 16.0. The van der Waals surface area contributed by atoms with Gasteiger partial charge in [-0.1, -0.05) is 50.1 Å². The SMILES string of the molecule is CCCC[C@H](NC(=O)OC(C)(C)C)C1CCN(Cc2ccccc2)O1. The van der Waals surface area contributed by atoms with Gasteiger partial charge in [0, 0.05) is 13.1 Å². The van der Waals surface area contributed by atoms with Crippen molar-refractivity contribution in [1.29, 1.82) is 0 Å². The largest absolute Gasteiger partial charge is 0.444 e. The van der Waals surface area contributed by atoms with Crippen molar-refractivity contribution in [2.45, 2.75) is 77.7 Å². The maximum Gasteiger partial charge on any atom is 0.407 e. The van der Waals surface area contributed by atoms with E-state index in [4.69, 9.17) is 9.57 Å². The quantitative estimate of drug-likeness (QED) is 0.799. The third-order valence-electron chi connectivity index (χ3n) is 4.17. The summed E-state index contributed by atoms with van der Waals surface area (Å²) < 4.78 is 5.41. The zero-order valence-electron chi connectivity index (χ0n) is 16.0. The molecule has 1 unspecified atom stereocenters. The fourth-order valence-electron chi connectivity index (χ4n) is 2.98. The van der Waals surface area contributed by atoms with Crippen LogP contribution in [0.4, 0.5) is 4.79 Å². The Bertz CT molecular complexity index is 527. The van der Waals surface area contributed by atoms with Crippen LogP contribution in [-0.4, -0.2) is 35.4 Å². The third-order valence-corrected chi connectivity index (χ3v) is 4.17. The highest BCUT2D eigenvalue weighted by Gasteiger charge is 2.32. The number of nitrogens with one attached hydrogen (secondary N) is 1. The van der Waals surface area contributed by atoms with Crippen LogP contribution in [0, 0.1) is 0 Å². The van der Waals surface area contributed by atoms with Crippen LogP contribution in [0.2, 0.25) is 0 Å². The molecular formula is C20H32N2O3. The molecule has 1 saturated heterocycles. The van der Waals surface area contributed by atoms with Gasteiger partial charge in [-0.05, 0) is 39.2 Å². The van der Waals surface area contributed by atoms with E-state index in [1.165, 1.54) is 5.56 Å². The van der Waals surface area contributed by atoms with Crippen LogP contribution in [0.1, 0.15) is 58.9 Å². The summed E-state index contributed by atoms with van der Waals surface area (Å²) in [7, 11) is 0. The lowest BCUT2D eigenvalue weighted by Crippen LogP contribution is -2.45. The fourth-order valence-corrected chi connectivity index (χ4v) is 2.98. The first-order valence-corrected chi connectivity index (χ1v) is 9.32. The standard InChI is InChI=1S/C20H32N2O3/c1-5-6-12-17(21-19(23)24-20(2,3)4)18-13-14-22(25-18)15-16-10-8-7-9-11-16/h7-11,17-18H,5-6,12-15H2,1-4H3,(H,21,23)/t17-,18?/m0/s1. The molecule has 5 heteroatoms. The lowest BCUT2D eigenvalue weighted by Gasteiger charge is -2.27. The molecule has 1 heterocycles. The van der Waals surface area contributed by atoms with E-state index in [1.807, 2.05) is 44.0 Å². The van der Waals surface area contributed by atoms with Crippen molar-refractivity contribution in [3.63, 3.8) is 0 Å². The molecule has 0 bridgehead atoms. The smallest absolute Gasteiger partial charge is 0.407 e. The molecule has 1 aliphatic heterocycles. The second-order valence-corrected chi connectivity index (χ2v) is 7.68. The maximum atomic E-state index is 12.2. The number of rotatable bonds is 7. The predicted molar refractivity (Wildman–Crippen MR) is 99.0 cm³/mol. The summed E-state index contributed by atoms with van der Waals surface area (Å²) in [5.41, 5.74) is 0.739. The zero-order chi connectivity index (χ0) is 18.3. The van der Waals surface area contributed by atoms with Crippen LogP contribution in [0.15, 0.2) is 30.3 Å². The number of amides is 1. The summed E-state index contributed by atoms with van der Waals surface area (Å²) in [4.78, 5) is 18.3. The maximum absolute atomic E-state index is 12.2. The van der Waals surface area contributed by atoms with Gasteiger partial charge >= 0.3 is 6.09 Å². The van der Waals surface area contributed by atoms with E-state index in [0.717, 1.165) is 38.8 Å². The second-order valence-electron chi connectivity index (χ2n) is 7.68. The Morgan fingerprint density at radius 1 is 1.36 bits per heavy atom. The minimum absolute atomic E-state index is 0.00257. The summed E-state index contributed by atoms with van der Waals surface area (Å²) in [6.45, 7) is 9.42. The number of unbranched alkanes of at least 4 members (excludes halogenated alkanes) is 1. The first-order valence-electron chi connectivity index (χ1n) is 9.32. The van der Waals surface area contributed by atoms with E-state index in [2.05, 4.69) is 24.4 Å². The minimum atomic E-state index is -0.491. The Morgan fingerprint density at radius 2 is 2.08 bits per heavy atom. The minimum Gasteiger partial charge on any atom is -0.444 e. The van der Waals surface area contributed by atoms with Crippen LogP contribution >= 0.6 is 0 Å². The van der Waals surface area contributed by atoms with Gasteiger partial charge in [-0.2, -0.15) is 5.06 Å². The van der Waals surface area contributed by atoms with Crippen molar-refractivity contribution in [3.8, 4) is 0 Å². The van der Waals surface area contributed by atoms with Gasteiger partial charge in [-0.15, -0.1) is 0 Å². The molecule has 140 valence electrons. The first-order chi connectivity index (χ1) is 11.9. The normalized spacial score (nSPS) is 19.6. The molecule has 1 amide bonds. The molecule has 1 aromatic rings. The van der Waals surface area contributed by atoms with E-state index in [-0.39, 0.29) is 18.2 Å². The molecule has 0 aliphatic carbocycles. The van der Waals surface area contributed by atoms with Gasteiger partial charge in [0.2, 0.25) is 0 Å². The van der Waals surface area contributed by atoms with Crippen LogP contribution in [0.5, 0.6) is 0 Å². The summed E-state index contributed by atoms with van der Waals surface area (Å²) in [5.74, 6) is 0. The Hall–Kier alpha value is -1.59. The fraction of sp³-hybridized carbons (Fsp3) is 0.650. The van der Waals surface area contributed by atoms with Crippen molar-refractivity contribution in [1.82, 2.24) is 10.4 Å².